The van der Waals surface area contributed by atoms with Crippen LogP contribution in [-0.2, 0) is 19.4 Å². The quantitative estimate of drug-likeness (QED) is 0.826. The summed E-state index contributed by atoms with van der Waals surface area (Å²) in [7, 11) is 0. The molecule has 1 aromatic heterocycles. The summed E-state index contributed by atoms with van der Waals surface area (Å²) >= 11 is 1.86. The van der Waals surface area contributed by atoms with Crippen molar-refractivity contribution in [3.8, 4) is 0 Å². The fourth-order valence-corrected chi connectivity index (χ4v) is 3.25. The Bertz CT molecular complexity index is 519. The van der Waals surface area contributed by atoms with Crippen LogP contribution < -0.4 is 5.32 Å². The summed E-state index contributed by atoms with van der Waals surface area (Å²) < 4.78 is 0. The van der Waals surface area contributed by atoms with E-state index >= 15 is 0 Å². The Kier molecular flexibility index (Phi) is 5.74. The molecule has 1 aromatic carbocycles. The third-order valence-electron chi connectivity index (χ3n) is 3.58. The lowest BCUT2D eigenvalue weighted by atomic mass is 10.2. The fraction of sp³-hybridized carbons (Fsp3) is 0.471. The van der Waals surface area contributed by atoms with Crippen molar-refractivity contribution in [3.05, 3.63) is 51.5 Å². The van der Waals surface area contributed by atoms with Crippen LogP contribution in [0.2, 0.25) is 0 Å². The molecule has 0 saturated carbocycles. The van der Waals surface area contributed by atoms with Crippen molar-refractivity contribution in [2.24, 2.45) is 0 Å². The lowest BCUT2D eigenvalue weighted by Gasteiger charge is -2.10. The van der Waals surface area contributed by atoms with E-state index in [2.05, 4.69) is 56.4 Å². The maximum absolute atomic E-state index is 4.81. The van der Waals surface area contributed by atoms with Crippen molar-refractivity contribution in [2.45, 2.75) is 52.6 Å². The van der Waals surface area contributed by atoms with Gasteiger partial charge in [-0.3, -0.25) is 0 Å². The number of thiazole rings is 1. The summed E-state index contributed by atoms with van der Waals surface area (Å²) in [5.74, 6) is 0. The van der Waals surface area contributed by atoms with Crippen molar-refractivity contribution in [2.75, 3.05) is 0 Å². The van der Waals surface area contributed by atoms with Crippen LogP contribution in [0.5, 0.6) is 0 Å². The Balaban J connectivity index is 2.06. The molecule has 1 atom stereocenters. The SMILES string of the molecule is CCc1nc(Cc2ccccc2)sc1CNC(C)CC. The smallest absolute Gasteiger partial charge is 0.0975 e. The van der Waals surface area contributed by atoms with E-state index in [0.29, 0.717) is 6.04 Å². The van der Waals surface area contributed by atoms with Crippen LogP contribution in [0, 0.1) is 0 Å². The molecular formula is C17H24N2S. The highest BCUT2D eigenvalue weighted by atomic mass is 32.1. The lowest BCUT2D eigenvalue weighted by molar-refractivity contribution is 0.535. The van der Waals surface area contributed by atoms with Crippen molar-refractivity contribution >= 4 is 11.3 Å². The van der Waals surface area contributed by atoms with Crippen LogP contribution >= 0.6 is 11.3 Å². The average Bonchev–Trinajstić information content (AvgIpc) is 2.87. The molecule has 0 bridgehead atoms. The first-order chi connectivity index (χ1) is 9.72. The molecule has 0 amide bonds. The molecule has 0 fully saturated rings. The summed E-state index contributed by atoms with van der Waals surface area (Å²) in [5, 5.41) is 4.80. The Morgan fingerprint density at radius 3 is 2.60 bits per heavy atom. The number of nitrogens with zero attached hydrogens (tertiary/aromatic N) is 1. The van der Waals surface area contributed by atoms with E-state index in [9.17, 15) is 0 Å². The van der Waals surface area contributed by atoms with Crippen molar-refractivity contribution in [3.63, 3.8) is 0 Å². The van der Waals surface area contributed by atoms with Crippen LogP contribution in [0.25, 0.3) is 0 Å². The van der Waals surface area contributed by atoms with Crippen molar-refractivity contribution in [1.29, 1.82) is 0 Å². The molecule has 2 nitrogen and oxygen atoms in total. The van der Waals surface area contributed by atoms with E-state index in [1.165, 1.54) is 21.1 Å². The summed E-state index contributed by atoms with van der Waals surface area (Å²) in [5.41, 5.74) is 2.60. The minimum Gasteiger partial charge on any atom is -0.309 e. The van der Waals surface area contributed by atoms with Crippen LogP contribution in [-0.4, -0.2) is 11.0 Å². The second kappa shape index (κ2) is 7.55. The van der Waals surface area contributed by atoms with E-state index in [-0.39, 0.29) is 0 Å². The van der Waals surface area contributed by atoms with Gasteiger partial charge in [0.2, 0.25) is 0 Å². The number of hydrogen-bond acceptors (Lipinski definition) is 3. The summed E-state index contributed by atoms with van der Waals surface area (Å²) in [6.07, 6.45) is 3.13. The molecule has 108 valence electrons. The zero-order valence-electron chi connectivity index (χ0n) is 12.6. The predicted molar refractivity (Wildman–Crippen MR) is 87.3 cm³/mol. The number of benzene rings is 1. The van der Waals surface area contributed by atoms with Gasteiger partial charge in [0, 0.05) is 23.9 Å². The molecule has 3 heteroatoms. The van der Waals surface area contributed by atoms with Gasteiger partial charge in [0.1, 0.15) is 0 Å². The van der Waals surface area contributed by atoms with Gasteiger partial charge in [-0.25, -0.2) is 4.98 Å². The minimum atomic E-state index is 0.569. The number of aryl methyl sites for hydroxylation is 1. The standard InChI is InChI=1S/C17H24N2S/c1-4-13(3)18-12-16-15(5-2)19-17(20-16)11-14-9-7-6-8-10-14/h6-10,13,18H,4-5,11-12H2,1-3H3. The van der Waals surface area contributed by atoms with Gasteiger partial charge in [0.25, 0.3) is 0 Å². The van der Waals surface area contributed by atoms with Crippen LogP contribution in [0.15, 0.2) is 30.3 Å². The van der Waals surface area contributed by atoms with E-state index < -0.39 is 0 Å². The van der Waals surface area contributed by atoms with Gasteiger partial charge in [0.05, 0.1) is 10.7 Å². The fourth-order valence-electron chi connectivity index (χ4n) is 2.11. The molecule has 1 heterocycles. The molecule has 0 aliphatic rings. The predicted octanol–water partition coefficient (Wildman–Crippen LogP) is 4.18. The lowest BCUT2D eigenvalue weighted by Crippen LogP contribution is -2.24. The topological polar surface area (TPSA) is 24.9 Å². The molecule has 1 unspecified atom stereocenters. The van der Waals surface area contributed by atoms with Gasteiger partial charge < -0.3 is 5.32 Å². The van der Waals surface area contributed by atoms with Crippen LogP contribution in [0.1, 0.15) is 48.3 Å². The van der Waals surface area contributed by atoms with Gasteiger partial charge in [-0.05, 0) is 25.3 Å². The largest absolute Gasteiger partial charge is 0.309 e. The van der Waals surface area contributed by atoms with Crippen LogP contribution in [0.4, 0.5) is 0 Å². The van der Waals surface area contributed by atoms with Gasteiger partial charge in [-0.15, -0.1) is 11.3 Å². The van der Waals surface area contributed by atoms with Gasteiger partial charge >= 0.3 is 0 Å². The molecule has 2 aromatic rings. The summed E-state index contributed by atoms with van der Waals surface area (Å²) in [4.78, 5) is 6.21. The van der Waals surface area contributed by atoms with E-state index in [4.69, 9.17) is 4.98 Å². The first-order valence-corrected chi connectivity index (χ1v) is 8.29. The van der Waals surface area contributed by atoms with Gasteiger partial charge in [-0.1, -0.05) is 44.2 Å². The highest BCUT2D eigenvalue weighted by Crippen LogP contribution is 2.22. The second-order valence-electron chi connectivity index (χ2n) is 5.18. The zero-order chi connectivity index (χ0) is 14.4. The van der Waals surface area contributed by atoms with E-state index in [0.717, 1.165) is 25.8 Å². The molecule has 0 aliphatic heterocycles. The molecule has 0 spiro atoms. The Hall–Kier alpha value is -1.19. The maximum Gasteiger partial charge on any atom is 0.0975 e. The highest BCUT2D eigenvalue weighted by molar-refractivity contribution is 7.11. The monoisotopic (exact) mass is 288 g/mol. The Morgan fingerprint density at radius 1 is 1.20 bits per heavy atom. The first kappa shape index (κ1) is 15.2. The van der Waals surface area contributed by atoms with Crippen molar-refractivity contribution < 1.29 is 0 Å². The Morgan fingerprint density at radius 2 is 1.95 bits per heavy atom. The number of nitrogens with one attached hydrogen (secondary N) is 1. The number of hydrogen-bond donors (Lipinski definition) is 1. The third-order valence-corrected chi connectivity index (χ3v) is 4.68. The zero-order valence-corrected chi connectivity index (χ0v) is 13.5. The Labute approximate surface area is 126 Å². The maximum atomic E-state index is 4.81. The van der Waals surface area contributed by atoms with E-state index in [1.54, 1.807) is 0 Å². The molecule has 2 rings (SSSR count). The first-order valence-electron chi connectivity index (χ1n) is 7.47. The van der Waals surface area contributed by atoms with Gasteiger partial charge in [-0.2, -0.15) is 0 Å². The van der Waals surface area contributed by atoms with Crippen LogP contribution in [0.3, 0.4) is 0 Å². The molecule has 0 radical (unpaired) electrons. The average molecular weight is 288 g/mol. The summed E-state index contributed by atoms with van der Waals surface area (Å²) in [6, 6.07) is 11.2. The molecule has 1 N–H and O–H groups in total. The normalized spacial score (nSPS) is 12.6. The molecular weight excluding hydrogens is 264 g/mol. The second-order valence-corrected chi connectivity index (χ2v) is 6.35. The highest BCUT2D eigenvalue weighted by Gasteiger charge is 2.10. The molecule has 0 saturated heterocycles. The minimum absolute atomic E-state index is 0.569. The number of aromatic nitrogens is 1. The summed E-state index contributed by atoms with van der Waals surface area (Å²) in [6.45, 7) is 7.59. The molecule has 0 aliphatic carbocycles. The molecule has 20 heavy (non-hydrogen) atoms. The van der Waals surface area contributed by atoms with E-state index in [1.807, 2.05) is 11.3 Å². The number of rotatable bonds is 7. The third kappa shape index (κ3) is 4.15. The van der Waals surface area contributed by atoms with Crippen molar-refractivity contribution in [1.82, 2.24) is 10.3 Å². The van der Waals surface area contributed by atoms with Gasteiger partial charge in [0.15, 0.2) is 0 Å².